The lowest BCUT2D eigenvalue weighted by Gasteiger charge is -2.46. The molecule has 188 valence electrons. The highest BCUT2D eigenvalue weighted by Gasteiger charge is 2.42. The molecule has 0 N–H and O–H groups in total. The van der Waals surface area contributed by atoms with Crippen molar-refractivity contribution in [3.05, 3.63) is 35.4 Å². The van der Waals surface area contributed by atoms with E-state index >= 15 is 0 Å². The summed E-state index contributed by atoms with van der Waals surface area (Å²) in [5, 5.41) is 0. The Hall–Kier alpha value is -1.92. The predicted molar refractivity (Wildman–Crippen MR) is 135 cm³/mol. The number of nitrogens with zero attached hydrogens (tertiary/aromatic N) is 3. The third kappa shape index (κ3) is 5.33. The van der Waals surface area contributed by atoms with Crippen molar-refractivity contribution in [2.75, 3.05) is 39.9 Å². The zero-order valence-electron chi connectivity index (χ0n) is 21.4. The number of amides is 2. The molecule has 4 rings (SSSR count). The standard InChI is InChI=1S/C28H43N3O3/c1-4-21(2)26(31-20-22-11-5-6-13-24(22)27(31)32)28(33)30(17-10-18-34-3)19-23-12-9-16-29-15-8-7-14-25(23)29/h5-6,11,13,21,23,25-26H,4,7-10,12,14-20H2,1-3H3/t21-,23-,25-,26+/m0/s1. The van der Waals surface area contributed by atoms with E-state index in [2.05, 4.69) is 23.6 Å². The molecule has 0 bridgehead atoms. The summed E-state index contributed by atoms with van der Waals surface area (Å²) in [6, 6.07) is 7.98. The van der Waals surface area contributed by atoms with Gasteiger partial charge in [-0.2, -0.15) is 0 Å². The van der Waals surface area contributed by atoms with Gasteiger partial charge in [-0.05, 0) is 68.7 Å². The highest BCUT2D eigenvalue weighted by molar-refractivity contribution is 6.01. The van der Waals surface area contributed by atoms with Crippen LogP contribution in [0.1, 0.15) is 74.7 Å². The van der Waals surface area contributed by atoms with Gasteiger partial charge in [0.05, 0.1) is 0 Å². The molecule has 3 aliphatic heterocycles. The molecule has 1 aromatic carbocycles. The Morgan fingerprint density at radius 2 is 1.97 bits per heavy atom. The van der Waals surface area contributed by atoms with Crippen LogP contribution in [0.25, 0.3) is 0 Å². The van der Waals surface area contributed by atoms with Crippen molar-refractivity contribution >= 4 is 11.8 Å². The Labute approximate surface area is 205 Å². The largest absolute Gasteiger partial charge is 0.385 e. The number of hydrogen-bond donors (Lipinski definition) is 0. The number of hydrogen-bond acceptors (Lipinski definition) is 4. The van der Waals surface area contributed by atoms with Crippen LogP contribution in [0.3, 0.4) is 0 Å². The fraction of sp³-hybridized carbons (Fsp3) is 0.714. The van der Waals surface area contributed by atoms with Gasteiger partial charge in [-0.1, -0.05) is 44.9 Å². The molecule has 34 heavy (non-hydrogen) atoms. The van der Waals surface area contributed by atoms with Gasteiger partial charge in [0, 0.05) is 45.0 Å². The van der Waals surface area contributed by atoms with Crippen LogP contribution >= 0.6 is 0 Å². The highest BCUT2D eigenvalue weighted by Crippen LogP contribution is 2.33. The van der Waals surface area contributed by atoms with Crippen LogP contribution in [-0.4, -0.2) is 78.5 Å². The van der Waals surface area contributed by atoms with Gasteiger partial charge in [-0.15, -0.1) is 0 Å². The highest BCUT2D eigenvalue weighted by atomic mass is 16.5. The average molecular weight is 470 g/mol. The molecule has 6 heteroatoms. The molecular formula is C28H43N3O3. The number of rotatable bonds is 10. The summed E-state index contributed by atoms with van der Waals surface area (Å²) in [4.78, 5) is 34.2. The van der Waals surface area contributed by atoms with Crippen molar-refractivity contribution in [3.63, 3.8) is 0 Å². The molecule has 0 saturated carbocycles. The van der Waals surface area contributed by atoms with E-state index in [1.54, 1.807) is 7.11 Å². The molecule has 4 atom stereocenters. The number of methoxy groups -OCH3 is 1. The van der Waals surface area contributed by atoms with E-state index in [-0.39, 0.29) is 17.7 Å². The van der Waals surface area contributed by atoms with E-state index < -0.39 is 6.04 Å². The quantitative estimate of drug-likeness (QED) is 0.482. The number of fused-ring (bicyclic) bond motifs is 2. The number of benzene rings is 1. The minimum absolute atomic E-state index is 0.00205. The van der Waals surface area contributed by atoms with E-state index in [4.69, 9.17) is 4.74 Å². The first-order valence-corrected chi connectivity index (χ1v) is 13.5. The molecule has 0 radical (unpaired) electrons. The van der Waals surface area contributed by atoms with Gasteiger partial charge in [0.2, 0.25) is 5.91 Å². The van der Waals surface area contributed by atoms with E-state index in [0.29, 0.717) is 31.7 Å². The van der Waals surface area contributed by atoms with Crippen LogP contribution in [0.5, 0.6) is 0 Å². The SMILES string of the molecule is CC[C@H](C)[C@H](C(=O)N(CCCOC)C[C@@H]1CCCN2CCCC[C@@H]12)N1Cc2ccccc2C1=O. The Morgan fingerprint density at radius 3 is 2.74 bits per heavy atom. The van der Waals surface area contributed by atoms with Gasteiger partial charge in [0.25, 0.3) is 5.91 Å². The topological polar surface area (TPSA) is 53.1 Å². The molecule has 2 fully saturated rings. The Bertz CT molecular complexity index is 842. The summed E-state index contributed by atoms with van der Waals surface area (Å²) < 4.78 is 5.33. The average Bonchev–Trinajstić information content (AvgIpc) is 3.19. The van der Waals surface area contributed by atoms with Crippen molar-refractivity contribution in [2.45, 2.75) is 77.4 Å². The van der Waals surface area contributed by atoms with Crippen LogP contribution < -0.4 is 0 Å². The summed E-state index contributed by atoms with van der Waals surface area (Å²) in [5.41, 5.74) is 1.78. The Morgan fingerprint density at radius 1 is 1.18 bits per heavy atom. The molecule has 2 saturated heterocycles. The lowest BCUT2D eigenvalue weighted by Crippen LogP contribution is -2.56. The van der Waals surface area contributed by atoms with Crippen molar-refractivity contribution in [1.82, 2.24) is 14.7 Å². The van der Waals surface area contributed by atoms with Gasteiger partial charge in [-0.3, -0.25) is 9.59 Å². The van der Waals surface area contributed by atoms with Crippen LogP contribution in [0.4, 0.5) is 0 Å². The molecule has 3 heterocycles. The normalized spacial score (nSPS) is 24.4. The van der Waals surface area contributed by atoms with Gasteiger partial charge in [-0.25, -0.2) is 0 Å². The molecular weight excluding hydrogens is 426 g/mol. The first kappa shape index (κ1) is 25.2. The fourth-order valence-corrected chi connectivity index (χ4v) is 6.36. The smallest absolute Gasteiger partial charge is 0.255 e. The Balaban J connectivity index is 1.56. The number of ether oxygens (including phenoxy) is 1. The summed E-state index contributed by atoms with van der Waals surface area (Å²) in [6.45, 7) is 9.31. The lowest BCUT2D eigenvalue weighted by molar-refractivity contribution is -0.139. The molecule has 0 aliphatic carbocycles. The second-order valence-electron chi connectivity index (χ2n) is 10.6. The second-order valence-corrected chi connectivity index (χ2v) is 10.6. The summed E-state index contributed by atoms with van der Waals surface area (Å²) >= 11 is 0. The number of carbonyl (C=O) groups excluding carboxylic acids is 2. The Kier molecular flexibility index (Phi) is 8.65. The van der Waals surface area contributed by atoms with Crippen LogP contribution in [0.15, 0.2) is 24.3 Å². The zero-order valence-corrected chi connectivity index (χ0v) is 21.4. The molecule has 0 unspecified atom stereocenters. The van der Waals surface area contributed by atoms with Crippen molar-refractivity contribution in [3.8, 4) is 0 Å². The fourth-order valence-electron chi connectivity index (χ4n) is 6.36. The van der Waals surface area contributed by atoms with E-state index in [1.165, 1.54) is 45.2 Å². The van der Waals surface area contributed by atoms with Gasteiger partial charge in [0.1, 0.15) is 6.04 Å². The van der Waals surface area contributed by atoms with Crippen molar-refractivity contribution in [1.29, 1.82) is 0 Å². The molecule has 1 aromatic rings. The summed E-state index contributed by atoms with van der Waals surface area (Å²) in [5.74, 6) is 0.750. The van der Waals surface area contributed by atoms with E-state index in [1.807, 2.05) is 29.2 Å². The number of piperidine rings is 2. The summed E-state index contributed by atoms with van der Waals surface area (Å²) in [6.07, 6.45) is 7.94. The maximum Gasteiger partial charge on any atom is 0.255 e. The minimum Gasteiger partial charge on any atom is -0.385 e. The van der Waals surface area contributed by atoms with Crippen LogP contribution in [0, 0.1) is 11.8 Å². The zero-order chi connectivity index (χ0) is 24.1. The first-order chi connectivity index (χ1) is 16.5. The maximum atomic E-state index is 14.2. The third-order valence-electron chi connectivity index (χ3n) is 8.39. The minimum atomic E-state index is -0.418. The predicted octanol–water partition coefficient (Wildman–Crippen LogP) is 4.19. The van der Waals surface area contributed by atoms with Crippen molar-refractivity contribution < 1.29 is 14.3 Å². The van der Waals surface area contributed by atoms with Crippen molar-refractivity contribution in [2.24, 2.45) is 11.8 Å². The molecule has 0 aromatic heterocycles. The lowest BCUT2D eigenvalue weighted by atomic mass is 9.83. The third-order valence-corrected chi connectivity index (χ3v) is 8.39. The van der Waals surface area contributed by atoms with Crippen LogP contribution in [-0.2, 0) is 16.1 Å². The maximum absolute atomic E-state index is 14.2. The second kappa shape index (κ2) is 11.7. The molecule has 3 aliphatic rings. The van der Waals surface area contributed by atoms with E-state index in [9.17, 15) is 9.59 Å². The van der Waals surface area contributed by atoms with Gasteiger partial charge < -0.3 is 19.4 Å². The van der Waals surface area contributed by atoms with Crippen LogP contribution in [0.2, 0.25) is 0 Å². The van der Waals surface area contributed by atoms with E-state index in [0.717, 1.165) is 30.5 Å². The molecule has 2 amide bonds. The van der Waals surface area contributed by atoms with Gasteiger partial charge >= 0.3 is 0 Å². The number of carbonyl (C=O) groups is 2. The first-order valence-electron chi connectivity index (χ1n) is 13.5. The van der Waals surface area contributed by atoms with Gasteiger partial charge in [0.15, 0.2) is 0 Å². The monoisotopic (exact) mass is 469 g/mol. The molecule has 0 spiro atoms. The molecule has 6 nitrogen and oxygen atoms in total. The summed E-state index contributed by atoms with van der Waals surface area (Å²) in [7, 11) is 1.72.